The van der Waals surface area contributed by atoms with Crippen LogP contribution in [0.1, 0.15) is 30.7 Å². The van der Waals surface area contributed by atoms with E-state index in [1.54, 1.807) is 0 Å². The molecule has 1 fully saturated rings. The zero-order valence-electron chi connectivity index (χ0n) is 11.8. The molecule has 3 rings (SSSR count). The summed E-state index contributed by atoms with van der Waals surface area (Å²) in [6.07, 6.45) is 2.90. The fourth-order valence-electron chi connectivity index (χ4n) is 2.71. The first-order valence-corrected chi connectivity index (χ1v) is 8.24. The highest BCUT2D eigenvalue weighted by atomic mass is 32.2. The van der Waals surface area contributed by atoms with E-state index in [4.69, 9.17) is 9.47 Å². The molecule has 3 nitrogen and oxygen atoms in total. The number of thioether (sulfide) groups is 1. The molecule has 1 aliphatic heterocycles. The normalized spacial score (nSPS) is 21.9. The van der Waals surface area contributed by atoms with Crippen molar-refractivity contribution in [3.8, 4) is 5.75 Å². The standard InChI is InChI=1S/C16H20O3S/c1-18-15(17)8-16(6-7-16)11-20-10-12-9-19-14-5-3-2-4-13(12)14/h2-5,12H,6-11H2,1H3. The van der Waals surface area contributed by atoms with Gasteiger partial charge in [0.1, 0.15) is 5.75 Å². The third-order valence-corrected chi connectivity index (χ3v) is 5.68. The number of fused-ring (bicyclic) bond motifs is 1. The Bertz CT molecular complexity index is 496. The molecule has 1 saturated carbocycles. The van der Waals surface area contributed by atoms with Crippen molar-refractivity contribution in [2.24, 2.45) is 5.41 Å². The third-order valence-electron chi connectivity index (χ3n) is 4.23. The van der Waals surface area contributed by atoms with Crippen LogP contribution < -0.4 is 4.74 Å². The number of benzene rings is 1. The minimum atomic E-state index is -0.0716. The van der Waals surface area contributed by atoms with Crippen molar-refractivity contribution < 1.29 is 14.3 Å². The first-order chi connectivity index (χ1) is 9.72. The quantitative estimate of drug-likeness (QED) is 0.754. The molecule has 0 bridgehead atoms. The van der Waals surface area contributed by atoms with Gasteiger partial charge < -0.3 is 9.47 Å². The number of rotatable bonds is 6. The maximum Gasteiger partial charge on any atom is 0.306 e. The van der Waals surface area contributed by atoms with Crippen LogP contribution in [0, 0.1) is 5.41 Å². The molecule has 0 spiro atoms. The summed E-state index contributed by atoms with van der Waals surface area (Å²) in [7, 11) is 1.47. The largest absolute Gasteiger partial charge is 0.493 e. The SMILES string of the molecule is COC(=O)CC1(CSCC2COc3ccccc32)CC1. The van der Waals surface area contributed by atoms with E-state index in [-0.39, 0.29) is 11.4 Å². The molecule has 108 valence electrons. The summed E-state index contributed by atoms with van der Waals surface area (Å²) in [5.41, 5.74) is 1.55. The van der Waals surface area contributed by atoms with Gasteiger partial charge in [0.25, 0.3) is 0 Å². The first-order valence-electron chi connectivity index (χ1n) is 7.09. The van der Waals surface area contributed by atoms with Gasteiger partial charge in [-0.1, -0.05) is 18.2 Å². The van der Waals surface area contributed by atoms with Gasteiger partial charge in [0.05, 0.1) is 20.1 Å². The summed E-state index contributed by atoms with van der Waals surface area (Å²) in [5, 5.41) is 0. The van der Waals surface area contributed by atoms with Gasteiger partial charge in [-0.15, -0.1) is 0 Å². The second-order valence-corrected chi connectivity index (χ2v) is 6.84. The van der Waals surface area contributed by atoms with Gasteiger partial charge in [-0.2, -0.15) is 11.8 Å². The highest BCUT2D eigenvalue weighted by molar-refractivity contribution is 7.99. The Morgan fingerprint density at radius 2 is 2.25 bits per heavy atom. The maximum atomic E-state index is 11.4. The van der Waals surface area contributed by atoms with Crippen LogP contribution >= 0.6 is 11.8 Å². The number of ether oxygens (including phenoxy) is 2. The Labute approximate surface area is 124 Å². The summed E-state index contributed by atoms with van der Waals surface area (Å²) in [4.78, 5) is 11.4. The number of para-hydroxylation sites is 1. The predicted molar refractivity (Wildman–Crippen MR) is 80.3 cm³/mol. The van der Waals surface area contributed by atoms with E-state index in [2.05, 4.69) is 12.1 Å². The van der Waals surface area contributed by atoms with Gasteiger partial charge in [0.15, 0.2) is 0 Å². The predicted octanol–water partition coefficient (Wildman–Crippen LogP) is 3.24. The van der Waals surface area contributed by atoms with E-state index in [1.807, 2.05) is 23.9 Å². The lowest BCUT2D eigenvalue weighted by molar-refractivity contribution is -0.141. The van der Waals surface area contributed by atoms with Crippen molar-refractivity contribution >= 4 is 17.7 Å². The van der Waals surface area contributed by atoms with E-state index >= 15 is 0 Å². The Morgan fingerprint density at radius 1 is 1.45 bits per heavy atom. The fourth-order valence-corrected chi connectivity index (χ4v) is 4.21. The van der Waals surface area contributed by atoms with Crippen molar-refractivity contribution in [2.75, 3.05) is 25.2 Å². The van der Waals surface area contributed by atoms with Crippen LogP contribution in [0.25, 0.3) is 0 Å². The number of hydrogen-bond acceptors (Lipinski definition) is 4. The van der Waals surface area contributed by atoms with Crippen molar-refractivity contribution in [1.29, 1.82) is 0 Å². The van der Waals surface area contributed by atoms with Crippen LogP contribution in [0.5, 0.6) is 5.75 Å². The number of carbonyl (C=O) groups excluding carboxylic acids is 1. The molecule has 20 heavy (non-hydrogen) atoms. The fraction of sp³-hybridized carbons (Fsp3) is 0.562. The molecule has 1 aromatic rings. The number of hydrogen-bond donors (Lipinski definition) is 0. The molecule has 4 heteroatoms. The molecule has 2 aliphatic rings. The van der Waals surface area contributed by atoms with Gasteiger partial charge in [-0.05, 0) is 30.1 Å². The molecule has 0 amide bonds. The lowest BCUT2D eigenvalue weighted by Crippen LogP contribution is -2.14. The first kappa shape index (κ1) is 13.8. The summed E-state index contributed by atoms with van der Waals surface area (Å²) < 4.78 is 10.5. The second kappa shape index (κ2) is 5.68. The smallest absolute Gasteiger partial charge is 0.306 e. The van der Waals surface area contributed by atoms with Gasteiger partial charge in [0.2, 0.25) is 0 Å². The molecule has 0 saturated heterocycles. The lowest BCUT2D eigenvalue weighted by Gasteiger charge is -2.14. The number of carbonyl (C=O) groups is 1. The topological polar surface area (TPSA) is 35.5 Å². The third kappa shape index (κ3) is 2.95. The van der Waals surface area contributed by atoms with Crippen LogP contribution in [0.3, 0.4) is 0 Å². The van der Waals surface area contributed by atoms with E-state index in [1.165, 1.54) is 12.7 Å². The van der Waals surface area contributed by atoms with Crippen molar-refractivity contribution in [2.45, 2.75) is 25.2 Å². The molecule has 1 atom stereocenters. The molecule has 1 unspecified atom stereocenters. The monoisotopic (exact) mass is 292 g/mol. The molecule has 1 aromatic carbocycles. The maximum absolute atomic E-state index is 11.4. The minimum absolute atomic E-state index is 0.0716. The van der Waals surface area contributed by atoms with Crippen LogP contribution in [0.4, 0.5) is 0 Å². The Hall–Kier alpha value is -1.16. The van der Waals surface area contributed by atoms with Gasteiger partial charge in [-0.3, -0.25) is 4.79 Å². The molecular weight excluding hydrogens is 272 g/mol. The van der Waals surface area contributed by atoms with Crippen molar-refractivity contribution in [3.05, 3.63) is 29.8 Å². The number of methoxy groups -OCH3 is 1. The molecular formula is C16H20O3S. The Balaban J connectivity index is 1.48. The van der Waals surface area contributed by atoms with Crippen molar-refractivity contribution in [3.63, 3.8) is 0 Å². The van der Waals surface area contributed by atoms with Crippen LogP contribution in [0.2, 0.25) is 0 Å². The summed E-state index contributed by atoms with van der Waals surface area (Å²) in [6, 6.07) is 8.29. The van der Waals surface area contributed by atoms with Crippen LogP contribution in [-0.2, 0) is 9.53 Å². The molecule has 0 aromatic heterocycles. The Morgan fingerprint density at radius 3 is 3.00 bits per heavy atom. The minimum Gasteiger partial charge on any atom is -0.493 e. The average Bonchev–Trinajstić information content (AvgIpc) is 3.10. The zero-order valence-corrected chi connectivity index (χ0v) is 12.6. The van der Waals surface area contributed by atoms with E-state index in [9.17, 15) is 4.79 Å². The van der Waals surface area contributed by atoms with Crippen LogP contribution in [-0.4, -0.2) is 31.2 Å². The summed E-state index contributed by atoms with van der Waals surface area (Å²) in [5.74, 6) is 3.58. The average molecular weight is 292 g/mol. The van der Waals surface area contributed by atoms with Gasteiger partial charge in [-0.25, -0.2) is 0 Å². The summed E-state index contributed by atoms with van der Waals surface area (Å²) >= 11 is 1.95. The van der Waals surface area contributed by atoms with Crippen LogP contribution in [0.15, 0.2) is 24.3 Å². The highest BCUT2D eigenvalue weighted by Gasteiger charge is 2.44. The lowest BCUT2D eigenvalue weighted by atomic mass is 10.0. The summed E-state index contributed by atoms with van der Waals surface area (Å²) in [6.45, 7) is 0.788. The second-order valence-electron chi connectivity index (χ2n) is 5.81. The van der Waals surface area contributed by atoms with Gasteiger partial charge >= 0.3 is 5.97 Å². The molecule has 1 heterocycles. The van der Waals surface area contributed by atoms with E-state index in [0.29, 0.717) is 12.3 Å². The molecule has 0 radical (unpaired) electrons. The highest BCUT2D eigenvalue weighted by Crippen LogP contribution is 2.51. The molecule has 0 N–H and O–H groups in total. The zero-order chi connectivity index (χ0) is 14.0. The van der Waals surface area contributed by atoms with E-state index in [0.717, 1.165) is 36.7 Å². The van der Waals surface area contributed by atoms with Gasteiger partial charge in [0, 0.05) is 17.2 Å². The Kier molecular flexibility index (Phi) is 3.92. The molecule has 1 aliphatic carbocycles. The number of esters is 1. The van der Waals surface area contributed by atoms with Crippen molar-refractivity contribution in [1.82, 2.24) is 0 Å². The van der Waals surface area contributed by atoms with E-state index < -0.39 is 0 Å².